The molecule has 0 amide bonds. The van der Waals surface area contributed by atoms with Gasteiger partial charge in [0.15, 0.2) is 0 Å². The van der Waals surface area contributed by atoms with Crippen molar-refractivity contribution in [3.63, 3.8) is 0 Å². The largest absolute Gasteiger partial charge is 0.299 e. The molecule has 0 bridgehead atoms. The molecular formula is C22H21N3. The highest BCUT2D eigenvalue weighted by Gasteiger charge is 2.10. The number of hydrogen-bond acceptors (Lipinski definition) is 3. The molecule has 3 nitrogen and oxygen atoms in total. The Morgan fingerprint density at radius 2 is 1.68 bits per heavy atom. The molecule has 3 aromatic rings. The second-order valence-corrected chi connectivity index (χ2v) is 6.78. The number of nitrogens with zero attached hydrogens (tertiary/aromatic N) is 3. The van der Waals surface area contributed by atoms with Crippen LogP contribution in [0.25, 0.3) is 22.0 Å². The van der Waals surface area contributed by atoms with Crippen molar-refractivity contribution in [2.75, 3.05) is 13.1 Å². The van der Waals surface area contributed by atoms with Gasteiger partial charge in [0.05, 0.1) is 11.1 Å². The van der Waals surface area contributed by atoms with Gasteiger partial charge in [-0.2, -0.15) is 5.26 Å². The summed E-state index contributed by atoms with van der Waals surface area (Å²) in [6.07, 6.45) is 5.67. The van der Waals surface area contributed by atoms with E-state index in [2.05, 4.69) is 52.4 Å². The van der Waals surface area contributed by atoms with Crippen LogP contribution >= 0.6 is 0 Å². The molecule has 0 aliphatic carbocycles. The molecule has 1 aliphatic heterocycles. The first-order chi connectivity index (χ1) is 12.3. The molecule has 1 aliphatic rings. The topological polar surface area (TPSA) is 39.9 Å². The van der Waals surface area contributed by atoms with Crippen LogP contribution in [-0.4, -0.2) is 23.0 Å². The first kappa shape index (κ1) is 15.8. The maximum absolute atomic E-state index is 8.98. The molecule has 1 saturated heterocycles. The summed E-state index contributed by atoms with van der Waals surface area (Å²) < 4.78 is 0. The second-order valence-electron chi connectivity index (χ2n) is 6.78. The molecule has 0 spiro atoms. The lowest BCUT2D eigenvalue weighted by molar-refractivity contribution is 0.221. The Kier molecular flexibility index (Phi) is 4.45. The van der Waals surface area contributed by atoms with E-state index in [-0.39, 0.29) is 0 Å². The second kappa shape index (κ2) is 7.04. The molecule has 2 aromatic carbocycles. The summed E-state index contributed by atoms with van der Waals surface area (Å²) in [5.41, 5.74) is 5.27. The number of nitriles is 1. The highest BCUT2D eigenvalue weighted by atomic mass is 15.1. The van der Waals surface area contributed by atoms with Gasteiger partial charge >= 0.3 is 0 Å². The molecule has 3 heteroatoms. The highest BCUT2D eigenvalue weighted by molar-refractivity contribution is 5.85. The zero-order valence-corrected chi connectivity index (χ0v) is 14.3. The Hall–Kier alpha value is -2.70. The van der Waals surface area contributed by atoms with Crippen LogP contribution in [0.1, 0.15) is 30.4 Å². The fourth-order valence-electron chi connectivity index (χ4n) is 3.54. The van der Waals surface area contributed by atoms with Gasteiger partial charge in [-0.25, -0.2) is 0 Å². The van der Waals surface area contributed by atoms with Crippen LogP contribution in [0.15, 0.2) is 54.7 Å². The van der Waals surface area contributed by atoms with E-state index in [1.807, 2.05) is 12.1 Å². The van der Waals surface area contributed by atoms with Crippen molar-refractivity contribution in [3.8, 4) is 17.2 Å². The molecule has 0 N–H and O–H groups in total. The van der Waals surface area contributed by atoms with Gasteiger partial charge in [-0.15, -0.1) is 0 Å². The zero-order chi connectivity index (χ0) is 17.1. The molecule has 2 heterocycles. The number of benzene rings is 2. The van der Waals surface area contributed by atoms with Gasteiger partial charge in [0, 0.05) is 18.1 Å². The van der Waals surface area contributed by atoms with Crippen LogP contribution in [0, 0.1) is 11.3 Å². The lowest BCUT2D eigenvalue weighted by Crippen LogP contribution is -2.28. The molecule has 0 unspecified atom stereocenters. The predicted octanol–water partition coefficient (Wildman–Crippen LogP) is 4.76. The van der Waals surface area contributed by atoms with Gasteiger partial charge in [0.25, 0.3) is 0 Å². The van der Waals surface area contributed by atoms with Crippen LogP contribution in [0.3, 0.4) is 0 Å². The minimum atomic E-state index is 0.599. The van der Waals surface area contributed by atoms with Gasteiger partial charge in [-0.1, -0.05) is 42.8 Å². The molecule has 4 rings (SSSR count). The SMILES string of the molecule is N#Cc1cnc2cc(-c3ccc(CN4CCCCC4)cc3)ccc2c1. The Labute approximate surface area is 148 Å². The van der Waals surface area contributed by atoms with Crippen molar-refractivity contribution < 1.29 is 0 Å². The molecule has 0 atom stereocenters. The summed E-state index contributed by atoms with van der Waals surface area (Å²) in [5.74, 6) is 0. The number of fused-ring (bicyclic) bond motifs is 1. The lowest BCUT2D eigenvalue weighted by Gasteiger charge is -2.26. The van der Waals surface area contributed by atoms with Crippen LogP contribution < -0.4 is 0 Å². The van der Waals surface area contributed by atoms with Crippen molar-refractivity contribution in [2.45, 2.75) is 25.8 Å². The number of rotatable bonds is 3. The maximum atomic E-state index is 8.98. The van der Waals surface area contributed by atoms with Gasteiger partial charge in [-0.3, -0.25) is 9.88 Å². The Morgan fingerprint density at radius 3 is 2.44 bits per heavy atom. The normalized spacial score (nSPS) is 15.2. The van der Waals surface area contributed by atoms with Crippen molar-refractivity contribution in [3.05, 3.63) is 65.9 Å². The number of hydrogen-bond donors (Lipinski definition) is 0. The first-order valence-electron chi connectivity index (χ1n) is 8.93. The van der Waals surface area contributed by atoms with E-state index in [0.717, 1.165) is 23.0 Å². The monoisotopic (exact) mass is 327 g/mol. The van der Waals surface area contributed by atoms with Gasteiger partial charge in [-0.05, 0) is 54.8 Å². The molecule has 124 valence electrons. The molecule has 1 fully saturated rings. The van der Waals surface area contributed by atoms with Crippen LogP contribution in [0.2, 0.25) is 0 Å². The summed E-state index contributed by atoms with van der Waals surface area (Å²) in [4.78, 5) is 6.95. The van der Waals surface area contributed by atoms with Crippen molar-refractivity contribution in [1.29, 1.82) is 5.26 Å². The standard InChI is InChI=1S/C22H21N3/c23-14-18-12-21-9-8-20(13-22(21)24-15-18)19-6-4-17(5-7-19)16-25-10-2-1-3-11-25/h4-9,12-13,15H,1-3,10-11,16H2. The van der Waals surface area contributed by atoms with E-state index < -0.39 is 0 Å². The molecule has 1 aromatic heterocycles. The highest BCUT2D eigenvalue weighted by Crippen LogP contribution is 2.25. The van der Waals surface area contributed by atoms with E-state index in [4.69, 9.17) is 5.26 Å². The third-order valence-electron chi connectivity index (χ3n) is 4.96. The fourth-order valence-corrected chi connectivity index (χ4v) is 3.54. The van der Waals surface area contributed by atoms with E-state index in [1.165, 1.54) is 43.5 Å². The van der Waals surface area contributed by atoms with E-state index >= 15 is 0 Å². The van der Waals surface area contributed by atoms with Crippen molar-refractivity contribution >= 4 is 10.9 Å². The fraction of sp³-hybridized carbons (Fsp3) is 0.273. The Morgan fingerprint density at radius 1 is 0.920 bits per heavy atom. The van der Waals surface area contributed by atoms with Crippen LogP contribution in [-0.2, 0) is 6.54 Å². The van der Waals surface area contributed by atoms with E-state index in [1.54, 1.807) is 6.20 Å². The number of likely N-dealkylation sites (tertiary alicyclic amines) is 1. The molecular weight excluding hydrogens is 306 g/mol. The van der Waals surface area contributed by atoms with Crippen LogP contribution in [0.4, 0.5) is 0 Å². The smallest absolute Gasteiger partial charge is 0.101 e. The third-order valence-corrected chi connectivity index (χ3v) is 4.96. The minimum Gasteiger partial charge on any atom is -0.299 e. The number of piperidine rings is 1. The maximum Gasteiger partial charge on any atom is 0.101 e. The van der Waals surface area contributed by atoms with E-state index in [9.17, 15) is 0 Å². The molecule has 0 saturated carbocycles. The van der Waals surface area contributed by atoms with Gasteiger partial charge in [0.1, 0.15) is 6.07 Å². The van der Waals surface area contributed by atoms with Crippen molar-refractivity contribution in [1.82, 2.24) is 9.88 Å². The number of pyridine rings is 1. The molecule has 0 radical (unpaired) electrons. The Balaban J connectivity index is 1.55. The lowest BCUT2D eigenvalue weighted by atomic mass is 10.0. The molecule has 25 heavy (non-hydrogen) atoms. The van der Waals surface area contributed by atoms with Gasteiger partial charge < -0.3 is 0 Å². The summed E-state index contributed by atoms with van der Waals surface area (Å²) in [5, 5.41) is 9.98. The summed E-state index contributed by atoms with van der Waals surface area (Å²) in [6.45, 7) is 3.50. The number of aromatic nitrogens is 1. The van der Waals surface area contributed by atoms with Gasteiger partial charge in [0.2, 0.25) is 0 Å². The summed E-state index contributed by atoms with van der Waals surface area (Å²) in [7, 11) is 0. The van der Waals surface area contributed by atoms with Crippen molar-refractivity contribution in [2.24, 2.45) is 0 Å². The Bertz CT molecular complexity index is 916. The van der Waals surface area contributed by atoms with E-state index in [0.29, 0.717) is 5.56 Å². The van der Waals surface area contributed by atoms with Crippen LogP contribution in [0.5, 0.6) is 0 Å². The predicted molar refractivity (Wildman–Crippen MR) is 101 cm³/mol. The first-order valence-corrected chi connectivity index (χ1v) is 8.93. The third kappa shape index (κ3) is 3.55. The quantitative estimate of drug-likeness (QED) is 0.696. The minimum absolute atomic E-state index is 0.599. The zero-order valence-electron chi connectivity index (χ0n) is 14.3. The average molecular weight is 327 g/mol. The average Bonchev–Trinajstić information content (AvgIpc) is 2.68. The summed E-state index contributed by atoms with van der Waals surface area (Å²) in [6, 6.07) is 19.1. The summed E-state index contributed by atoms with van der Waals surface area (Å²) >= 11 is 0.